The van der Waals surface area contributed by atoms with E-state index in [0.717, 1.165) is 22.3 Å². The third kappa shape index (κ3) is 6.98. The zero-order valence-electron chi connectivity index (χ0n) is 21.7. The van der Waals surface area contributed by atoms with E-state index in [-0.39, 0.29) is 5.57 Å². The Labute approximate surface area is 217 Å². The number of carbonyl (C=O) groups excluding carboxylic acids is 2. The van der Waals surface area contributed by atoms with Crippen LogP contribution in [0.15, 0.2) is 96.8 Å². The van der Waals surface area contributed by atoms with E-state index >= 15 is 0 Å². The highest BCUT2D eigenvalue weighted by molar-refractivity contribution is 5.92. The van der Waals surface area contributed by atoms with Crippen molar-refractivity contribution in [1.29, 1.82) is 0 Å². The topological polar surface area (TPSA) is 71.1 Å². The predicted octanol–water partition coefficient (Wildman–Crippen LogP) is 7.29. The highest BCUT2D eigenvalue weighted by atomic mass is 16.5. The van der Waals surface area contributed by atoms with E-state index < -0.39 is 11.9 Å². The lowest BCUT2D eigenvalue weighted by Gasteiger charge is -2.17. The molecule has 3 aromatic rings. The molecule has 0 unspecified atom stereocenters. The van der Waals surface area contributed by atoms with Crippen LogP contribution >= 0.6 is 0 Å². The summed E-state index contributed by atoms with van der Waals surface area (Å²) in [6.45, 7) is 14.3. The molecule has 3 aromatic carbocycles. The third-order valence-electron chi connectivity index (χ3n) is 5.18. The lowest BCUT2D eigenvalue weighted by molar-refractivity contribution is -0.130. The van der Waals surface area contributed by atoms with Crippen molar-refractivity contribution in [2.45, 2.75) is 27.7 Å². The summed E-state index contributed by atoms with van der Waals surface area (Å²) in [5.74, 6) is 0.919. The fraction of sp³-hybridized carbons (Fsp3) is 0.161. The van der Waals surface area contributed by atoms with E-state index in [0.29, 0.717) is 34.1 Å². The Morgan fingerprint density at radius 2 is 1.14 bits per heavy atom. The summed E-state index contributed by atoms with van der Waals surface area (Å²) in [7, 11) is 1.60. The molecule has 0 aromatic heterocycles. The Morgan fingerprint density at radius 3 is 1.62 bits per heavy atom. The van der Waals surface area contributed by atoms with Gasteiger partial charge in [-0.3, -0.25) is 0 Å². The Balaban J connectivity index is 2.17. The van der Waals surface area contributed by atoms with Crippen LogP contribution in [0.25, 0.3) is 22.3 Å². The van der Waals surface area contributed by atoms with Gasteiger partial charge in [-0.2, -0.15) is 0 Å². The minimum atomic E-state index is -0.549. The maximum Gasteiger partial charge on any atom is 0.338 e. The average molecular weight is 499 g/mol. The van der Waals surface area contributed by atoms with Gasteiger partial charge in [0.05, 0.1) is 13.4 Å². The highest BCUT2D eigenvalue weighted by Crippen LogP contribution is 2.42. The van der Waals surface area contributed by atoms with E-state index in [1.54, 1.807) is 57.6 Å². The van der Waals surface area contributed by atoms with Crippen molar-refractivity contribution in [3.63, 3.8) is 0 Å². The second-order valence-corrected chi connectivity index (χ2v) is 8.75. The van der Waals surface area contributed by atoms with Crippen LogP contribution in [-0.2, 0) is 9.59 Å². The number of allylic oxidation sites excluding steroid dienone is 1. The number of esters is 2. The van der Waals surface area contributed by atoms with Gasteiger partial charge in [0.25, 0.3) is 0 Å². The fourth-order valence-electron chi connectivity index (χ4n) is 3.23. The quantitative estimate of drug-likeness (QED) is 0.133. The molecular weight excluding hydrogens is 468 g/mol. The van der Waals surface area contributed by atoms with Crippen molar-refractivity contribution < 1.29 is 28.5 Å². The van der Waals surface area contributed by atoms with Gasteiger partial charge < -0.3 is 18.9 Å². The van der Waals surface area contributed by atoms with Crippen LogP contribution in [0.1, 0.15) is 27.7 Å². The molecule has 0 saturated carbocycles. The minimum absolute atomic E-state index is 0.267. The molecular formula is C31H30O6. The number of carbonyl (C=O) groups is 2. The average Bonchev–Trinajstić information content (AvgIpc) is 2.88. The summed E-state index contributed by atoms with van der Waals surface area (Å²) in [5.41, 5.74) is 4.45. The van der Waals surface area contributed by atoms with Crippen molar-refractivity contribution >= 4 is 11.9 Å². The van der Waals surface area contributed by atoms with E-state index in [1.165, 1.54) is 0 Å². The first kappa shape index (κ1) is 27.0. The SMILES string of the molecule is C=C(C)C(=O)Oc1ccc(-c2cc(OC=C(C)C)c(-c3ccc(OC)cc3)cc2OC(=O)C(=C)C)cc1. The molecule has 0 atom stereocenters. The monoisotopic (exact) mass is 498 g/mol. The standard InChI is InChI=1S/C31H30O6/c1-19(2)18-35-28-16-27(23-10-14-25(15-11-23)36-30(32)20(3)4)29(37-31(33)21(5)6)17-26(28)22-8-12-24(34-7)13-9-22/h8-18H,3,5H2,1-2,4,6-7H3. The molecule has 190 valence electrons. The lowest BCUT2D eigenvalue weighted by Crippen LogP contribution is -2.09. The van der Waals surface area contributed by atoms with E-state index in [9.17, 15) is 9.59 Å². The highest BCUT2D eigenvalue weighted by Gasteiger charge is 2.18. The van der Waals surface area contributed by atoms with Crippen LogP contribution in [-0.4, -0.2) is 19.0 Å². The van der Waals surface area contributed by atoms with Crippen LogP contribution in [0, 0.1) is 0 Å². The molecule has 0 aliphatic carbocycles. The van der Waals surface area contributed by atoms with E-state index in [4.69, 9.17) is 18.9 Å². The largest absolute Gasteiger partial charge is 0.497 e. The second-order valence-electron chi connectivity index (χ2n) is 8.75. The Bertz CT molecular complexity index is 1360. The zero-order valence-corrected chi connectivity index (χ0v) is 21.7. The van der Waals surface area contributed by atoms with Crippen LogP contribution in [0.4, 0.5) is 0 Å². The Kier molecular flexibility index (Phi) is 8.69. The molecule has 0 fully saturated rings. The van der Waals surface area contributed by atoms with Gasteiger partial charge in [-0.15, -0.1) is 0 Å². The maximum absolute atomic E-state index is 12.5. The number of rotatable bonds is 9. The zero-order chi connectivity index (χ0) is 27.1. The summed E-state index contributed by atoms with van der Waals surface area (Å²) in [6, 6.07) is 17.9. The number of hydrogen-bond acceptors (Lipinski definition) is 6. The molecule has 0 N–H and O–H groups in total. The van der Waals surface area contributed by atoms with Gasteiger partial charge in [0.2, 0.25) is 0 Å². The molecule has 0 saturated heterocycles. The predicted molar refractivity (Wildman–Crippen MR) is 145 cm³/mol. The van der Waals surface area contributed by atoms with Gasteiger partial charge in [0.15, 0.2) is 0 Å². The van der Waals surface area contributed by atoms with Crippen molar-refractivity contribution in [1.82, 2.24) is 0 Å². The second kappa shape index (κ2) is 11.9. The molecule has 0 aliphatic rings. The van der Waals surface area contributed by atoms with Crippen LogP contribution in [0.5, 0.6) is 23.0 Å². The first-order valence-electron chi connectivity index (χ1n) is 11.6. The van der Waals surface area contributed by atoms with Crippen molar-refractivity contribution in [2.75, 3.05) is 7.11 Å². The van der Waals surface area contributed by atoms with Gasteiger partial charge in [-0.25, -0.2) is 9.59 Å². The summed E-state index contributed by atoms with van der Waals surface area (Å²) in [6.07, 6.45) is 1.66. The lowest BCUT2D eigenvalue weighted by atomic mass is 9.97. The molecule has 6 nitrogen and oxygen atoms in total. The fourth-order valence-corrected chi connectivity index (χ4v) is 3.23. The summed E-state index contributed by atoms with van der Waals surface area (Å²) < 4.78 is 22.4. The molecule has 6 heteroatoms. The molecule has 0 amide bonds. The summed E-state index contributed by atoms with van der Waals surface area (Å²) in [5, 5.41) is 0. The molecule has 0 spiro atoms. The number of methoxy groups -OCH3 is 1. The van der Waals surface area contributed by atoms with Gasteiger partial charge in [0, 0.05) is 22.3 Å². The number of benzene rings is 3. The Hall–Kier alpha value is -4.58. The maximum atomic E-state index is 12.5. The first-order valence-corrected chi connectivity index (χ1v) is 11.6. The van der Waals surface area contributed by atoms with Gasteiger partial charge in [-0.1, -0.05) is 37.4 Å². The molecule has 0 heterocycles. The third-order valence-corrected chi connectivity index (χ3v) is 5.18. The molecule has 0 aliphatic heterocycles. The molecule has 0 bridgehead atoms. The van der Waals surface area contributed by atoms with Crippen LogP contribution in [0.2, 0.25) is 0 Å². The summed E-state index contributed by atoms with van der Waals surface area (Å²) in [4.78, 5) is 24.4. The smallest absolute Gasteiger partial charge is 0.338 e. The van der Waals surface area contributed by atoms with E-state index in [1.807, 2.05) is 44.2 Å². The first-order chi connectivity index (χ1) is 17.6. The minimum Gasteiger partial charge on any atom is -0.497 e. The van der Waals surface area contributed by atoms with Crippen molar-refractivity contribution in [3.05, 3.63) is 96.8 Å². The van der Waals surface area contributed by atoms with Crippen molar-refractivity contribution in [3.8, 4) is 45.3 Å². The molecule has 0 radical (unpaired) electrons. The summed E-state index contributed by atoms with van der Waals surface area (Å²) >= 11 is 0. The van der Waals surface area contributed by atoms with Gasteiger partial charge in [-0.05, 0) is 80.8 Å². The molecule has 37 heavy (non-hydrogen) atoms. The van der Waals surface area contributed by atoms with Gasteiger partial charge >= 0.3 is 11.9 Å². The van der Waals surface area contributed by atoms with Crippen LogP contribution in [0.3, 0.4) is 0 Å². The van der Waals surface area contributed by atoms with E-state index in [2.05, 4.69) is 13.2 Å². The van der Waals surface area contributed by atoms with Crippen molar-refractivity contribution in [2.24, 2.45) is 0 Å². The number of ether oxygens (including phenoxy) is 4. The normalized spacial score (nSPS) is 10.2. The van der Waals surface area contributed by atoms with Crippen LogP contribution < -0.4 is 18.9 Å². The van der Waals surface area contributed by atoms with Gasteiger partial charge in [0.1, 0.15) is 23.0 Å². The number of hydrogen-bond donors (Lipinski definition) is 0. The Morgan fingerprint density at radius 1 is 0.676 bits per heavy atom. The molecule has 3 rings (SSSR count).